The summed E-state index contributed by atoms with van der Waals surface area (Å²) < 4.78 is 91.0. The highest BCUT2D eigenvalue weighted by molar-refractivity contribution is 5.99. The van der Waals surface area contributed by atoms with Gasteiger partial charge < -0.3 is 114 Å². The average Bonchev–Trinajstić information content (AvgIpc) is 1.41. The molecule has 42 nitrogen and oxygen atoms in total. The summed E-state index contributed by atoms with van der Waals surface area (Å²) in [7, 11) is 7.38. The number of likely N-dealkylation sites (tertiary alicyclic amines) is 1. The molecular weight excluding hydrogens is 1650 g/mol. The Kier molecular flexibility index (Phi) is 41.2. The molecule has 0 aliphatic carbocycles. The van der Waals surface area contributed by atoms with Crippen LogP contribution in [-0.2, 0) is 128 Å². The molecule has 0 spiro atoms. The first-order chi connectivity index (χ1) is 58.1. The number of halogens is 3. The van der Waals surface area contributed by atoms with E-state index in [4.69, 9.17) is 43.0 Å². The van der Waals surface area contributed by atoms with E-state index in [2.05, 4.69) is 56.7 Å². The molecule has 11 amide bonds. The predicted molar refractivity (Wildman–Crippen MR) is 422 cm³/mol. The van der Waals surface area contributed by atoms with Crippen molar-refractivity contribution in [2.75, 3.05) is 68.8 Å². The van der Waals surface area contributed by atoms with Crippen molar-refractivity contribution in [2.45, 2.75) is 248 Å². The van der Waals surface area contributed by atoms with Crippen molar-refractivity contribution < 1.29 is 157 Å². The Bertz CT molecular complexity index is 3990. The maximum Gasteiger partial charge on any atom is 0.471 e. The number of methoxy groups -OCH3 is 6. The molecule has 0 unspecified atom stereocenters. The number of rotatable bonds is 20. The second kappa shape index (κ2) is 49.1. The largest absolute Gasteiger partial charge is 0.480 e. The number of esters is 6. The van der Waals surface area contributed by atoms with Gasteiger partial charge in [-0.3, -0.25) is 43.7 Å². The smallest absolute Gasteiger partial charge is 0.471 e. The summed E-state index contributed by atoms with van der Waals surface area (Å²) in [6.45, 7) is 13.8. The van der Waals surface area contributed by atoms with Gasteiger partial charge in [-0.25, -0.2) is 47.9 Å². The number of aliphatic carboxylic acids is 1. The summed E-state index contributed by atoms with van der Waals surface area (Å²) in [5, 5.41) is 30.3. The molecule has 2 aromatic rings. The van der Waals surface area contributed by atoms with Crippen LogP contribution >= 0.6 is 0 Å². The molecule has 0 bridgehead atoms. The van der Waals surface area contributed by atoms with Gasteiger partial charge in [-0.15, -0.1) is 0 Å². The van der Waals surface area contributed by atoms with Crippen LogP contribution in [0.15, 0.2) is 60.7 Å². The van der Waals surface area contributed by atoms with Gasteiger partial charge in [-0.1, -0.05) is 60.7 Å². The zero-order valence-electron chi connectivity index (χ0n) is 71.7. The monoisotopic (exact) mass is 1770 g/mol. The highest BCUT2D eigenvalue weighted by Gasteiger charge is 2.51. The third-order valence-corrected chi connectivity index (χ3v) is 18.6. The molecule has 0 aromatic heterocycles. The Balaban J connectivity index is 0.000000334. The van der Waals surface area contributed by atoms with Crippen LogP contribution in [0.25, 0.3) is 0 Å². The Labute approximate surface area is 713 Å². The Morgan fingerprint density at radius 3 is 1.13 bits per heavy atom. The highest BCUT2D eigenvalue weighted by atomic mass is 19.4. The number of alkyl carbamates (subject to hydrolysis) is 5. The van der Waals surface area contributed by atoms with E-state index in [0.717, 1.165) is 34.5 Å². The van der Waals surface area contributed by atoms with Gasteiger partial charge in [0, 0.05) is 13.1 Å². The number of carbonyl (C=O) groups is 18. The Morgan fingerprint density at radius 2 is 0.766 bits per heavy atom. The third kappa shape index (κ3) is 34.2. The van der Waals surface area contributed by atoms with Crippen LogP contribution in [-0.4, -0.2) is 292 Å². The number of piperidine rings is 4. The van der Waals surface area contributed by atoms with E-state index in [1.807, 2.05) is 24.3 Å². The molecule has 10 N–H and O–H groups in total. The SMILES string of the molecule is CC(C)(C)OC(=O)N[C@@H](CNC(=O)OCc1ccccc1)C(=O)O.COC(=O)[C@@H]1CCC[C@@H]2C(=O)NC[C@H](NC(=O)C(F)(F)F)C(=O)N21.COC(=O)[C@@H]1CCC[C@@H]2C(=O)NC[C@H](NC(=O)OC(C)(C)C)C(=O)N21.COC(=O)[C@@H]1CCC[C@H](C(=O)OC)N1.COC(=O)[C@H]1CCC[C@@H](C(=O)OC)N1C(=O)[C@H](CNC(=O)OCc1ccccc1)NC(=O)OC(C)(C)C. The van der Waals surface area contributed by atoms with Crippen molar-refractivity contribution in [3.8, 4) is 0 Å². The van der Waals surface area contributed by atoms with E-state index in [-0.39, 0.29) is 81.9 Å². The van der Waals surface area contributed by atoms with Crippen molar-refractivity contribution in [1.82, 2.24) is 62.6 Å². The number of nitrogens with zero attached hydrogens (tertiary/aromatic N) is 3. The molecule has 6 aliphatic heterocycles. The fraction of sp³-hybridized carbons (Fsp3) is 0.620. The zero-order valence-corrected chi connectivity index (χ0v) is 71.7. The van der Waals surface area contributed by atoms with Crippen LogP contribution in [0.3, 0.4) is 0 Å². The third-order valence-electron chi connectivity index (χ3n) is 18.6. The Morgan fingerprint density at radius 1 is 0.435 bits per heavy atom. The van der Waals surface area contributed by atoms with E-state index in [1.54, 1.807) is 104 Å². The molecule has 2 aromatic carbocycles. The minimum atomic E-state index is -5.17. The normalized spacial score (nSPS) is 21.5. The fourth-order valence-corrected chi connectivity index (χ4v) is 13.0. The number of benzene rings is 2. The van der Waals surface area contributed by atoms with E-state index < -0.39 is 186 Å². The second-order valence-corrected chi connectivity index (χ2v) is 31.3. The van der Waals surface area contributed by atoms with Crippen LogP contribution in [0.1, 0.15) is 150 Å². The van der Waals surface area contributed by atoms with E-state index in [9.17, 15) is 99.5 Å². The maximum absolute atomic E-state index is 13.7. The summed E-state index contributed by atoms with van der Waals surface area (Å²) in [5.74, 6) is -10.1. The first-order valence-electron chi connectivity index (χ1n) is 39.4. The Hall–Kier alpha value is -12.4. The summed E-state index contributed by atoms with van der Waals surface area (Å²) in [6, 6.07) is 6.12. The molecule has 8 rings (SSSR count). The number of fused-ring (bicyclic) bond motifs is 2. The zero-order chi connectivity index (χ0) is 93.1. The van der Waals surface area contributed by atoms with Crippen LogP contribution in [0.2, 0.25) is 0 Å². The van der Waals surface area contributed by atoms with Gasteiger partial charge >= 0.3 is 84.3 Å². The number of carboxylic acid groups (broad SMARTS) is 1. The molecule has 0 radical (unpaired) electrons. The lowest BCUT2D eigenvalue weighted by Crippen LogP contribution is -2.63. The minimum Gasteiger partial charge on any atom is -0.480 e. The van der Waals surface area contributed by atoms with Crippen molar-refractivity contribution in [3.05, 3.63) is 71.8 Å². The quantitative estimate of drug-likeness (QED) is 0.0673. The second-order valence-electron chi connectivity index (χ2n) is 31.3. The number of alkyl halides is 3. The highest BCUT2D eigenvalue weighted by Crippen LogP contribution is 2.31. The molecule has 124 heavy (non-hydrogen) atoms. The standard InChI is InChI=1S/C25H35N3O9.C16H25N3O6.C16H22N2O6.C13H16F3N3O5.C9H15NO4/c1-25(2,3)37-24(33)27-17(14-26-23(32)36-15-16-10-7-6-8-11-16)20(29)28-18(21(30)34-4)12-9-13-19(28)22(31)35-5;1-16(2,3)25-15(23)18-9-8-17-12(20)10-6-5-7-11(14(22)24-4)19(10)13(9)21;1-16(2,3)24-15(22)18-12(13(19)20)9-17-14(21)23-10-11-7-5-4-6-8-11;1-24-11(22)8-4-2-3-7-9(20)17-5-6(10(21)19(7)8)18-12(23)13(14,15)16;1-13-8(11)6-4-3-5-7(10-6)9(12)14-2/h6-8,10-11,17-19H,9,12-15H2,1-5H3,(H,26,32)(H,27,33);9-11H,5-8H2,1-4H3,(H,17,20)(H,18,23);4-8,12H,9-10H2,1-3H3,(H,17,21)(H,18,22)(H,19,20);6-8H,2-5H2,1H3,(H,17,20)(H,18,23);6-7,10H,3-5H2,1-2H3/t17-,18-,19+;9-,10+,11-;12-;6-,7+,8-;6-,7+/m0000./s1. The summed E-state index contributed by atoms with van der Waals surface area (Å²) in [4.78, 5) is 220. The molecule has 45 heteroatoms. The minimum absolute atomic E-state index is 0.00820. The van der Waals surface area contributed by atoms with Gasteiger partial charge in [0.05, 0.1) is 55.7 Å². The topological polar surface area (TPSA) is 547 Å². The molecule has 6 fully saturated rings. The first-order valence-corrected chi connectivity index (χ1v) is 39.4. The van der Waals surface area contributed by atoms with Gasteiger partial charge in [0.1, 0.15) is 103 Å². The van der Waals surface area contributed by atoms with Gasteiger partial charge in [0.2, 0.25) is 29.5 Å². The molecule has 6 heterocycles. The van der Waals surface area contributed by atoms with E-state index in [0.29, 0.717) is 44.9 Å². The molecule has 6 aliphatic rings. The van der Waals surface area contributed by atoms with Gasteiger partial charge in [-0.2, -0.15) is 13.2 Å². The first kappa shape index (κ1) is 104. The molecule has 690 valence electrons. The van der Waals surface area contributed by atoms with E-state index in [1.165, 1.54) is 40.4 Å². The van der Waals surface area contributed by atoms with Crippen LogP contribution in [0.5, 0.6) is 0 Å². The molecule has 12 atom stereocenters. The number of carboxylic acids is 1. The van der Waals surface area contributed by atoms with Crippen molar-refractivity contribution in [2.24, 2.45) is 0 Å². The van der Waals surface area contributed by atoms with Gasteiger partial charge in [-0.05, 0) is 150 Å². The summed E-state index contributed by atoms with van der Waals surface area (Å²) >= 11 is 0. The van der Waals surface area contributed by atoms with Crippen molar-refractivity contribution in [3.63, 3.8) is 0 Å². The molecular formula is C79H113F3N12O30. The van der Waals surface area contributed by atoms with Crippen LogP contribution < -0.4 is 47.9 Å². The number of ether oxygens (including phenoxy) is 11. The predicted octanol–water partition coefficient (Wildman–Crippen LogP) is 2.65. The van der Waals surface area contributed by atoms with Gasteiger partial charge in [0.15, 0.2) is 0 Å². The number of hydrogen-bond acceptors (Lipinski definition) is 30. The lowest BCUT2D eigenvalue weighted by Gasteiger charge is -2.40. The van der Waals surface area contributed by atoms with Crippen LogP contribution in [0, 0.1) is 0 Å². The molecule has 0 saturated carbocycles. The maximum atomic E-state index is 13.7. The lowest BCUT2D eigenvalue weighted by molar-refractivity contribution is -0.175. The summed E-state index contributed by atoms with van der Waals surface area (Å²) in [6.07, 6.45) is -3.66. The van der Waals surface area contributed by atoms with Gasteiger partial charge in [0.25, 0.3) is 0 Å². The number of amides is 11. The fourth-order valence-electron chi connectivity index (χ4n) is 13.0. The lowest BCUT2D eigenvalue weighted by atomic mass is 9.94. The molecule has 6 saturated heterocycles. The summed E-state index contributed by atoms with van der Waals surface area (Å²) in [5.41, 5.74) is -0.784. The number of nitrogens with one attached hydrogen (secondary N) is 9. The number of carbonyl (C=O) groups excluding carboxylic acids is 17. The number of hydrogen-bond donors (Lipinski definition) is 10. The van der Waals surface area contributed by atoms with Crippen molar-refractivity contribution >= 4 is 108 Å². The van der Waals surface area contributed by atoms with Crippen molar-refractivity contribution in [1.29, 1.82) is 0 Å². The van der Waals surface area contributed by atoms with Crippen LogP contribution in [0.4, 0.5) is 37.1 Å². The average molecular weight is 1770 g/mol. The van der Waals surface area contributed by atoms with E-state index >= 15 is 0 Å².